The number of hydrogen-bond acceptors (Lipinski definition) is 3. The van der Waals surface area contributed by atoms with Crippen LogP contribution in [0.5, 0.6) is 0 Å². The van der Waals surface area contributed by atoms with Crippen molar-refractivity contribution in [1.29, 1.82) is 0 Å². The number of nitrogens with one attached hydrogen (secondary N) is 2. The van der Waals surface area contributed by atoms with Gasteiger partial charge in [0, 0.05) is 22.5 Å². The van der Waals surface area contributed by atoms with E-state index in [1.165, 1.54) is 5.39 Å². The maximum absolute atomic E-state index is 4.17. The summed E-state index contributed by atoms with van der Waals surface area (Å²) in [5.74, 6) is 0.978. The van der Waals surface area contributed by atoms with E-state index < -0.39 is 0 Å². The van der Waals surface area contributed by atoms with Gasteiger partial charge in [-0.3, -0.25) is 0 Å². The van der Waals surface area contributed by atoms with Crippen LogP contribution < -0.4 is 5.32 Å². The Hall–Kier alpha value is -1.81. The Morgan fingerprint density at radius 2 is 2.20 bits per heavy atom. The van der Waals surface area contributed by atoms with Crippen LogP contribution in [0.1, 0.15) is 0 Å². The minimum Gasteiger partial charge on any atom is -0.341 e. The number of H-pyrrole nitrogens is 1. The lowest BCUT2D eigenvalue weighted by Gasteiger charge is -1.96. The van der Waals surface area contributed by atoms with Crippen molar-refractivity contribution in [2.45, 2.75) is 0 Å². The minimum absolute atomic E-state index is 0.904. The zero-order chi connectivity index (χ0) is 10.1. The van der Waals surface area contributed by atoms with Crippen molar-refractivity contribution in [1.82, 2.24) is 9.97 Å². The van der Waals surface area contributed by atoms with E-state index in [1.807, 2.05) is 17.5 Å². The molecule has 2 aromatic heterocycles. The van der Waals surface area contributed by atoms with Crippen molar-refractivity contribution in [3.05, 3.63) is 41.9 Å². The summed E-state index contributed by atoms with van der Waals surface area (Å²) in [6.07, 6.45) is 1.79. The Kier molecular flexibility index (Phi) is 1.93. The molecule has 0 radical (unpaired) electrons. The Morgan fingerprint density at radius 1 is 1.27 bits per heavy atom. The minimum atomic E-state index is 0.904. The topological polar surface area (TPSA) is 40.7 Å². The molecule has 3 nitrogen and oxygen atoms in total. The second kappa shape index (κ2) is 3.40. The molecule has 0 atom stereocenters. The largest absolute Gasteiger partial charge is 0.341 e. The number of benzene rings is 1. The number of aromatic nitrogens is 2. The van der Waals surface area contributed by atoms with E-state index in [0.29, 0.717) is 0 Å². The van der Waals surface area contributed by atoms with E-state index in [-0.39, 0.29) is 0 Å². The van der Waals surface area contributed by atoms with Crippen LogP contribution in [0.3, 0.4) is 0 Å². The highest BCUT2D eigenvalue weighted by molar-refractivity contribution is 7.13. The van der Waals surface area contributed by atoms with E-state index in [4.69, 9.17) is 0 Å². The fourth-order valence-electron chi connectivity index (χ4n) is 1.54. The molecule has 0 saturated heterocycles. The average Bonchev–Trinajstić information content (AvgIpc) is 2.86. The first-order valence-corrected chi connectivity index (χ1v) is 5.54. The number of thiazole rings is 1. The molecule has 4 heteroatoms. The third kappa shape index (κ3) is 1.59. The summed E-state index contributed by atoms with van der Waals surface area (Å²) in [5, 5.41) is 7.28. The molecule has 3 aromatic rings. The normalized spacial score (nSPS) is 10.7. The Labute approximate surface area is 90.8 Å². The maximum Gasteiger partial charge on any atom is 0.188 e. The Bertz CT molecular complexity index is 535. The lowest BCUT2D eigenvalue weighted by atomic mass is 10.2. The first-order valence-electron chi connectivity index (χ1n) is 4.66. The molecule has 2 heterocycles. The molecule has 0 spiro atoms. The molecule has 0 saturated carbocycles. The zero-order valence-corrected chi connectivity index (χ0v) is 8.71. The highest BCUT2D eigenvalue weighted by Gasteiger charge is 2.00. The number of hydrogen-bond donors (Lipinski definition) is 2. The van der Waals surface area contributed by atoms with Crippen LogP contribution in [0.2, 0.25) is 0 Å². The standard InChI is InChI=1S/C11H9N3S/c1-2-4-9-8(3-1)7-10(13-9)14-11-12-5-6-15-11/h1-7,13H,(H,12,14). The molecule has 74 valence electrons. The van der Waals surface area contributed by atoms with Crippen LogP contribution in [0.25, 0.3) is 10.9 Å². The summed E-state index contributed by atoms with van der Waals surface area (Å²) in [6.45, 7) is 0. The van der Waals surface area contributed by atoms with E-state index in [1.54, 1.807) is 17.5 Å². The number of fused-ring (bicyclic) bond motifs is 1. The van der Waals surface area contributed by atoms with E-state index >= 15 is 0 Å². The van der Waals surface area contributed by atoms with Crippen LogP contribution >= 0.6 is 11.3 Å². The van der Waals surface area contributed by atoms with Crippen molar-refractivity contribution in [3.8, 4) is 0 Å². The van der Waals surface area contributed by atoms with Gasteiger partial charge in [-0.25, -0.2) is 4.98 Å². The predicted molar refractivity (Wildman–Crippen MR) is 63.7 cm³/mol. The van der Waals surface area contributed by atoms with Crippen molar-refractivity contribution in [2.75, 3.05) is 5.32 Å². The third-order valence-electron chi connectivity index (χ3n) is 2.20. The van der Waals surface area contributed by atoms with E-state index in [9.17, 15) is 0 Å². The van der Waals surface area contributed by atoms with E-state index in [0.717, 1.165) is 16.5 Å². The maximum atomic E-state index is 4.17. The second-order valence-electron chi connectivity index (χ2n) is 3.23. The van der Waals surface area contributed by atoms with Gasteiger partial charge in [0.1, 0.15) is 5.82 Å². The molecule has 15 heavy (non-hydrogen) atoms. The Morgan fingerprint density at radius 3 is 3.00 bits per heavy atom. The molecule has 0 aliphatic carbocycles. The summed E-state index contributed by atoms with van der Waals surface area (Å²) >= 11 is 1.59. The number of aromatic amines is 1. The molecule has 0 amide bonds. The SMILES string of the molecule is c1ccc2[nH]c(Nc3nccs3)cc2c1. The molecule has 0 aliphatic rings. The van der Waals surface area contributed by atoms with Gasteiger partial charge in [0.25, 0.3) is 0 Å². The number of nitrogens with zero attached hydrogens (tertiary/aromatic N) is 1. The fraction of sp³-hybridized carbons (Fsp3) is 0. The molecular weight excluding hydrogens is 206 g/mol. The van der Waals surface area contributed by atoms with Gasteiger partial charge in [0.05, 0.1) is 0 Å². The number of rotatable bonds is 2. The average molecular weight is 215 g/mol. The van der Waals surface area contributed by atoms with Crippen LogP contribution in [-0.2, 0) is 0 Å². The highest BCUT2D eigenvalue weighted by Crippen LogP contribution is 2.22. The van der Waals surface area contributed by atoms with E-state index in [2.05, 4.69) is 33.5 Å². The van der Waals surface area contributed by atoms with Crippen molar-refractivity contribution in [3.63, 3.8) is 0 Å². The van der Waals surface area contributed by atoms with Crippen molar-refractivity contribution >= 4 is 33.2 Å². The lowest BCUT2D eigenvalue weighted by Crippen LogP contribution is -1.87. The van der Waals surface area contributed by atoms with Gasteiger partial charge in [-0.1, -0.05) is 18.2 Å². The monoisotopic (exact) mass is 215 g/mol. The fourth-order valence-corrected chi connectivity index (χ4v) is 2.08. The van der Waals surface area contributed by atoms with Crippen LogP contribution in [0.15, 0.2) is 41.9 Å². The molecule has 0 fully saturated rings. The highest BCUT2D eigenvalue weighted by atomic mass is 32.1. The van der Waals surface area contributed by atoms with Gasteiger partial charge in [0.2, 0.25) is 0 Å². The number of anilines is 2. The third-order valence-corrected chi connectivity index (χ3v) is 2.89. The molecule has 0 unspecified atom stereocenters. The van der Waals surface area contributed by atoms with Crippen LogP contribution in [-0.4, -0.2) is 9.97 Å². The second-order valence-corrected chi connectivity index (χ2v) is 4.13. The van der Waals surface area contributed by atoms with Gasteiger partial charge < -0.3 is 10.3 Å². The first kappa shape index (κ1) is 8.49. The lowest BCUT2D eigenvalue weighted by molar-refractivity contribution is 1.35. The van der Waals surface area contributed by atoms with Crippen molar-refractivity contribution in [2.24, 2.45) is 0 Å². The quantitative estimate of drug-likeness (QED) is 0.688. The van der Waals surface area contributed by atoms with Gasteiger partial charge in [-0.2, -0.15) is 0 Å². The van der Waals surface area contributed by atoms with Crippen LogP contribution in [0.4, 0.5) is 10.9 Å². The molecule has 3 rings (SSSR count). The number of para-hydroxylation sites is 1. The van der Waals surface area contributed by atoms with Crippen molar-refractivity contribution < 1.29 is 0 Å². The summed E-state index contributed by atoms with van der Waals surface area (Å²) in [7, 11) is 0. The summed E-state index contributed by atoms with van der Waals surface area (Å²) in [4.78, 5) is 7.46. The smallest absolute Gasteiger partial charge is 0.188 e. The molecule has 2 N–H and O–H groups in total. The molecule has 1 aromatic carbocycles. The molecule has 0 aliphatic heterocycles. The van der Waals surface area contributed by atoms with Gasteiger partial charge in [-0.05, 0) is 12.1 Å². The Balaban J connectivity index is 1.98. The summed E-state index contributed by atoms with van der Waals surface area (Å²) in [6, 6.07) is 10.3. The summed E-state index contributed by atoms with van der Waals surface area (Å²) in [5.41, 5.74) is 1.14. The van der Waals surface area contributed by atoms with Crippen LogP contribution in [0, 0.1) is 0 Å². The first-order chi connectivity index (χ1) is 7.42. The molecule has 0 bridgehead atoms. The van der Waals surface area contributed by atoms with Gasteiger partial charge >= 0.3 is 0 Å². The van der Waals surface area contributed by atoms with Gasteiger partial charge in [-0.15, -0.1) is 11.3 Å². The predicted octanol–water partition coefficient (Wildman–Crippen LogP) is 3.37. The molecular formula is C11H9N3S. The zero-order valence-electron chi connectivity index (χ0n) is 7.90. The summed E-state index contributed by atoms with van der Waals surface area (Å²) < 4.78 is 0. The van der Waals surface area contributed by atoms with Gasteiger partial charge in [0.15, 0.2) is 5.13 Å².